The van der Waals surface area contributed by atoms with Crippen LogP contribution in [0.15, 0.2) is 48.5 Å². The molecule has 0 aromatic heterocycles. The van der Waals surface area contributed by atoms with Crippen molar-refractivity contribution >= 4 is 65.9 Å². The molecule has 3 unspecified atom stereocenters. The third-order valence-corrected chi connectivity index (χ3v) is 12.4. The van der Waals surface area contributed by atoms with E-state index < -0.39 is 46.3 Å². The summed E-state index contributed by atoms with van der Waals surface area (Å²) >= 11 is 0. The van der Waals surface area contributed by atoms with E-state index in [2.05, 4.69) is 65.0 Å². The molecule has 0 spiro atoms. The number of carboxylic acids is 2. The van der Waals surface area contributed by atoms with Crippen molar-refractivity contribution in [2.24, 2.45) is 5.92 Å². The molecule has 5 amide bonds. The van der Waals surface area contributed by atoms with E-state index in [0.29, 0.717) is 74.5 Å². The van der Waals surface area contributed by atoms with Crippen molar-refractivity contribution in [1.82, 2.24) is 36.0 Å². The number of hydrogen-bond donors (Lipinski definition) is 8. The van der Waals surface area contributed by atoms with Crippen molar-refractivity contribution in [2.45, 2.75) is 170 Å². The molecule has 1 aliphatic rings. The Bertz CT molecular complexity index is 2210. The first-order chi connectivity index (χ1) is 38.5. The maximum Gasteiger partial charge on any atom is 0.488 e. The van der Waals surface area contributed by atoms with Gasteiger partial charge in [0.25, 0.3) is 5.91 Å². The van der Waals surface area contributed by atoms with Gasteiger partial charge in [-0.3, -0.25) is 49.6 Å². The largest absolute Gasteiger partial charge is 0.542 e. The van der Waals surface area contributed by atoms with E-state index in [1.807, 2.05) is 11.8 Å². The molecule has 0 bridgehead atoms. The van der Waals surface area contributed by atoms with Crippen molar-refractivity contribution in [3.8, 4) is 5.75 Å². The van der Waals surface area contributed by atoms with E-state index in [1.165, 1.54) is 30.7 Å². The summed E-state index contributed by atoms with van der Waals surface area (Å²) in [7, 11) is -5.25. The fourth-order valence-electron chi connectivity index (χ4n) is 7.74. The number of hydrogen-bond acceptors (Lipinski definition) is 15. The van der Waals surface area contributed by atoms with E-state index in [4.69, 9.17) is 25.1 Å². The van der Waals surface area contributed by atoms with Gasteiger partial charge in [0.05, 0.1) is 19.5 Å². The minimum Gasteiger partial charge on any atom is -0.542 e. The average molecular weight is 1400 g/mol. The van der Waals surface area contributed by atoms with Gasteiger partial charge in [0.1, 0.15) is 17.8 Å². The summed E-state index contributed by atoms with van der Waals surface area (Å²) in [5.41, 5.74) is 1.40. The standard InChI is InChI=1S/C37H53FN6O8S.C11H23NO2.C5H10O2.C3H5O.BH2O2.U/c1-4-19-43(20-5-2)26-34(46)39-18-7-6-13-32(42-33(45)24-29-11-10-12-31(23-29)52-53(38,50)51)36(48)40-25-28-14-16-30(17-15-28)35(47)41-27(3)37(49)44-21-8-9-22-44;1-4-7-12(9-11(13)14)8-6-10(3)5-2;1-2-3-4-5(6)7;1-2-3-4;2-1-3;/h10-12,14-17,23,27,32H,4-9,13,18-22,24-26H2,1-3H3,(H,39,46)(H,40,48)(H,41,47)(H,42,45);10H,4-9H2,1-3H3,(H,13,14);2-4H2,1H3,(H,6,7);2H2,1H3;2-3H;/q;;;-1;;. The quantitative estimate of drug-likeness (QED) is 0.0192. The van der Waals surface area contributed by atoms with Crippen LogP contribution in [-0.2, 0) is 57.0 Å². The van der Waals surface area contributed by atoms with Gasteiger partial charge < -0.3 is 55.4 Å². The maximum atomic E-state index is 13.4. The Balaban J connectivity index is -0.00000176. The second-order valence-electron chi connectivity index (χ2n) is 19.3. The van der Waals surface area contributed by atoms with Gasteiger partial charge in [0, 0.05) is 69.3 Å². The van der Waals surface area contributed by atoms with Gasteiger partial charge >= 0.3 is 30.1 Å². The molecule has 463 valence electrons. The minimum absolute atomic E-state index is 0. The third kappa shape index (κ3) is 43.7. The number of halogens is 1. The van der Waals surface area contributed by atoms with Gasteiger partial charge in [-0.2, -0.15) is 14.8 Å². The summed E-state index contributed by atoms with van der Waals surface area (Å²) < 4.78 is 39.0. The normalized spacial score (nSPS) is 12.5. The van der Waals surface area contributed by atoms with E-state index in [0.717, 1.165) is 77.5 Å². The fraction of sp³-hybridized carbons (Fsp3) is 0.643. The fourth-order valence-corrected chi connectivity index (χ4v) is 8.07. The molecular weight excluding hydrogens is 1310 g/mol. The number of benzene rings is 2. The molecule has 1 fully saturated rings. The summed E-state index contributed by atoms with van der Waals surface area (Å²) in [5, 5.41) is 42.0. The summed E-state index contributed by atoms with van der Waals surface area (Å²) in [5.74, 6) is -2.57. The van der Waals surface area contributed by atoms with Crippen molar-refractivity contribution < 1.29 is 106 Å². The number of carbonyl (C=O) groups is 7. The second kappa shape index (κ2) is 50.5. The van der Waals surface area contributed by atoms with Gasteiger partial charge in [-0.25, -0.2) is 0 Å². The minimum atomic E-state index is -5.25. The molecule has 2 aromatic rings. The molecule has 3 atom stereocenters. The molecule has 0 saturated carbocycles. The van der Waals surface area contributed by atoms with Crippen molar-refractivity contribution in [3.05, 3.63) is 65.2 Å². The number of carbonyl (C=O) groups excluding carboxylic acids is 6. The summed E-state index contributed by atoms with van der Waals surface area (Å²) in [4.78, 5) is 99.4. The van der Waals surface area contributed by atoms with E-state index in [-0.39, 0.29) is 88.2 Å². The van der Waals surface area contributed by atoms with E-state index >= 15 is 0 Å². The zero-order valence-electron chi connectivity index (χ0n) is 49.5. The molecule has 3 rings (SSSR count). The van der Waals surface area contributed by atoms with Gasteiger partial charge in [-0.15, -0.1) is 0 Å². The Kier molecular flexibility index (Phi) is 50.1. The predicted molar refractivity (Wildman–Crippen MR) is 309 cm³/mol. The van der Waals surface area contributed by atoms with Crippen molar-refractivity contribution in [3.63, 3.8) is 0 Å². The Hall–Kier alpha value is -4.96. The molecular formula is C56H93BFN7O15SU-. The van der Waals surface area contributed by atoms with Gasteiger partial charge in [0.15, 0.2) is 0 Å². The van der Waals surface area contributed by atoms with Crippen molar-refractivity contribution in [2.75, 3.05) is 58.9 Å². The predicted octanol–water partition coefficient (Wildman–Crippen LogP) is 5.26. The Morgan fingerprint density at radius 2 is 1.32 bits per heavy atom. The zero-order chi connectivity index (χ0) is 61.6. The Morgan fingerprint density at radius 1 is 0.744 bits per heavy atom. The van der Waals surface area contributed by atoms with Crippen LogP contribution in [0.4, 0.5) is 3.89 Å². The average Bonchev–Trinajstić information content (AvgIpc) is 4.02. The zero-order valence-corrected chi connectivity index (χ0v) is 54.5. The van der Waals surface area contributed by atoms with Crippen LogP contribution in [-0.4, -0.2) is 170 Å². The molecule has 0 aliphatic carbocycles. The van der Waals surface area contributed by atoms with Crippen LogP contribution in [0.2, 0.25) is 0 Å². The van der Waals surface area contributed by atoms with Gasteiger partial charge in [-0.05, 0) is 139 Å². The first kappa shape index (κ1) is 81.3. The molecule has 1 radical (unpaired) electrons. The molecule has 2 aromatic carbocycles. The number of amides is 5. The molecule has 8 N–H and O–H groups in total. The number of nitrogens with zero attached hydrogens (tertiary/aromatic N) is 3. The van der Waals surface area contributed by atoms with E-state index in [9.17, 15) is 45.9 Å². The number of unbranched alkanes of at least 4 members (excludes halogenated alkanes) is 2. The Morgan fingerprint density at radius 3 is 1.80 bits per heavy atom. The monoisotopic (exact) mass is 1400 g/mol. The smallest absolute Gasteiger partial charge is 0.488 e. The number of carboxylic acid groups (broad SMARTS) is 2. The number of nitrogens with one attached hydrogen (secondary N) is 4. The maximum absolute atomic E-state index is 13.4. The van der Waals surface area contributed by atoms with Crippen LogP contribution in [0.5, 0.6) is 5.75 Å². The summed E-state index contributed by atoms with van der Waals surface area (Å²) in [6, 6.07) is 10.4. The van der Waals surface area contributed by atoms with Crippen LogP contribution in [0, 0.1) is 37.0 Å². The first-order valence-corrected chi connectivity index (χ1v) is 29.4. The second-order valence-corrected chi connectivity index (χ2v) is 20.2. The van der Waals surface area contributed by atoms with Gasteiger partial charge in [-0.1, -0.05) is 89.5 Å². The molecule has 1 saturated heterocycles. The van der Waals surface area contributed by atoms with Crippen LogP contribution < -0.4 is 25.5 Å². The Labute approximate surface area is 511 Å². The molecule has 82 heavy (non-hydrogen) atoms. The van der Waals surface area contributed by atoms with E-state index in [1.54, 1.807) is 49.3 Å². The van der Waals surface area contributed by atoms with Crippen LogP contribution in [0.25, 0.3) is 0 Å². The molecule has 1 heterocycles. The van der Waals surface area contributed by atoms with Crippen LogP contribution in [0.3, 0.4) is 0 Å². The topological polar surface area (TPSA) is 319 Å². The molecule has 26 heteroatoms. The van der Waals surface area contributed by atoms with Crippen LogP contribution >= 0.6 is 0 Å². The van der Waals surface area contributed by atoms with Crippen LogP contribution in [0.1, 0.15) is 167 Å². The van der Waals surface area contributed by atoms with Crippen molar-refractivity contribution in [1.29, 1.82) is 0 Å². The number of likely N-dealkylation sites (tertiary alicyclic amines) is 1. The summed E-state index contributed by atoms with van der Waals surface area (Å²) in [6.07, 6.45) is 12.5. The first-order valence-electron chi connectivity index (χ1n) is 28.1. The third-order valence-electron chi connectivity index (χ3n) is 12.0. The number of aliphatic carboxylic acids is 2. The SMILES string of the molecule is CCCCC(=O)O.CCCN(CCC(C)CC)CC(=O)O.CCCN(CCC)CC(=O)NCCCCC(NC(=O)Cc1cccc(OS(=O)(=O)F)c1)C(=O)NCc1ccc(C(=O)NC(C)C(=O)N2CCCC2)cc1.CC[C-]=O.O[B]O.[U]. The molecule has 1 aliphatic heterocycles. The van der Waals surface area contributed by atoms with Gasteiger partial charge in [0.2, 0.25) is 23.6 Å². The number of rotatable bonds is 34. The molecule has 22 nitrogen and oxygen atoms in total. The summed E-state index contributed by atoms with van der Waals surface area (Å²) in [6.45, 7) is 21.9.